The highest BCUT2D eigenvalue weighted by Gasteiger charge is 2.79. The van der Waals surface area contributed by atoms with Crippen molar-refractivity contribution >= 4 is 17.3 Å². The van der Waals surface area contributed by atoms with Crippen molar-refractivity contribution in [2.24, 2.45) is 28.6 Å². The summed E-state index contributed by atoms with van der Waals surface area (Å²) < 4.78 is 33.2. The van der Waals surface area contributed by atoms with Crippen LogP contribution >= 0.6 is 0 Å². The Kier molecular flexibility index (Phi) is 5.93. The first-order chi connectivity index (χ1) is 18.6. The van der Waals surface area contributed by atoms with Gasteiger partial charge in [0.05, 0.1) is 18.3 Å². The molecule has 0 radical (unpaired) electrons. The van der Waals surface area contributed by atoms with Crippen LogP contribution in [-0.4, -0.2) is 58.5 Å². The molecule has 9 atom stereocenters. The van der Waals surface area contributed by atoms with E-state index < -0.39 is 58.6 Å². The van der Waals surface area contributed by atoms with Crippen LogP contribution in [0.15, 0.2) is 48.1 Å². The van der Waals surface area contributed by atoms with Crippen molar-refractivity contribution in [3.05, 3.63) is 53.6 Å². The van der Waals surface area contributed by atoms with Gasteiger partial charge < -0.3 is 10.2 Å². The van der Waals surface area contributed by atoms with Gasteiger partial charge in [-0.2, -0.15) is 0 Å². The van der Waals surface area contributed by atoms with Crippen molar-refractivity contribution in [2.75, 3.05) is 18.2 Å². The number of aliphatic hydroxyl groups is 2. The number of allylic oxidation sites excluding steroid dienone is 4. The van der Waals surface area contributed by atoms with Crippen molar-refractivity contribution < 1.29 is 33.4 Å². The lowest BCUT2D eigenvalue weighted by Gasteiger charge is -2.63. The molecule has 0 unspecified atom stereocenters. The number of Topliss-reactive ketones (excluding diaryl/α,β-unsaturated/α-hetero) is 1. The number of anilines is 1. The Morgan fingerprint density at radius 3 is 2.45 bits per heavy atom. The van der Waals surface area contributed by atoms with Crippen molar-refractivity contribution in [1.29, 1.82) is 0 Å². The average molecular weight is 556 g/mol. The molecule has 5 aliphatic rings. The van der Waals surface area contributed by atoms with Gasteiger partial charge in [0.1, 0.15) is 12.8 Å². The van der Waals surface area contributed by atoms with Gasteiger partial charge in [-0.25, -0.2) is 8.78 Å². The Morgan fingerprint density at radius 2 is 1.82 bits per heavy atom. The molecule has 8 heteroatoms. The largest absolute Gasteiger partial charge is 0.390 e. The first-order valence-electron chi connectivity index (χ1n) is 14.3. The van der Waals surface area contributed by atoms with Gasteiger partial charge in [-0.3, -0.25) is 19.5 Å². The fourth-order valence-electron chi connectivity index (χ4n) is 9.15. The Morgan fingerprint density at radius 1 is 1.15 bits per heavy atom. The van der Waals surface area contributed by atoms with E-state index in [2.05, 4.69) is 20.8 Å². The van der Waals surface area contributed by atoms with Crippen LogP contribution in [0.1, 0.15) is 59.4 Å². The molecule has 3 saturated carbocycles. The van der Waals surface area contributed by atoms with Crippen LogP contribution in [0.4, 0.5) is 14.5 Å². The minimum absolute atomic E-state index is 0.0342. The maximum absolute atomic E-state index is 17.5. The molecular weight excluding hydrogens is 516 g/mol. The van der Waals surface area contributed by atoms with Crippen molar-refractivity contribution in [1.82, 2.24) is 0 Å². The molecular formula is C32H39F2NO5. The van der Waals surface area contributed by atoms with Gasteiger partial charge in [0.2, 0.25) is 0 Å². The van der Waals surface area contributed by atoms with Crippen LogP contribution in [0.25, 0.3) is 0 Å². The molecule has 1 heterocycles. The van der Waals surface area contributed by atoms with E-state index in [1.807, 2.05) is 31.2 Å². The predicted molar refractivity (Wildman–Crippen MR) is 146 cm³/mol. The van der Waals surface area contributed by atoms with Crippen molar-refractivity contribution in [3.63, 3.8) is 0 Å². The lowest BCUT2D eigenvalue weighted by atomic mass is 9.44. The summed E-state index contributed by atoms with van der Waals surface area (Å²) in [6.45, 7) is 9.38. The van der Waals surface area contributed by atoms with Gasteiger partial charge in [-0.1, -0.05) is 45.9 Å². The number of fused-ring (bicyclic) bond motifs is 7. The minimum Gasteiger partial charge on any atom is -0.390 e. The molecule has 6 rings (SSSR count). The summed E-state index contributed by atoms with van der Waals surface area (Å²) in [5.41, 5.74) is -4.30. The summed E-state index contributed by atoms with van der Waals surface area (Å²) in [5.74, 6) is -2.66. The second kappa shape index (κ2) is 8.55. The molecule has 1 saturated heterocycles. The fourth-order valence-corrected chi connectivity index (χ4v) is 9.15. The van der Waals surface area contributed by atoms with Crippen LogP contribution in [0.5, 0.6) is 0 Å². The molecule has 4 aliphatic carbocycles. The molecule has 0 bridgehead atoms. The molecule has 0 amide bonds. The minimum atomic E-state index is -2.23. The number of carbonyl (C=O) groups is 2. The molecule has 0 spiro atoms. The third-order valence-electron chi connectivity index (χ3n) is 11.2. The maximum Gasteiger partial charge on any atom is 0.193 e. The number of alkyl halides is 2. The highest BCUT2D eigenvalue weighted by Crippen LogP contribution is 2.72. The summed E-state index contributed by atoms with van der Waals surface area (Å²) in [6.07, 6.45) is 0.872. The third kappa shape index (κ3) is 3.30. The first kappa shape index (κ1) is 27.7. The molecule has 40 heavy (non-hydrogen) atoms. The van der Waals surface area contributed by atoms with Gasteiger partial charge in [0.25, 0.3) is 0 Å². The Labute approximate surface area is 234 Å². The summed E-state index contributed by atoms with van der Waals surface area (Å²) in [6, 6.07) is 7.94. The highest BCUT2D eigenvalue weighted by atomic mass is 19.1. The first-order valence-corrected chi connectivity index (χ1v) is 14.3. The topological polar surface area (TPSA) is 87.1 Å². The zero-order chi connectivity index (χ0) is 29.0. The van der Waals surface area contributed by atoms with E-state index in [0.29, 0.717) is 13.0 Å². The van der Waals surface area contributed by atoms with E-state index in [0.717, 1.165) is 11.3 Å². The zero-order valence-electron chi connectivity index (χ0n) is 23.8. The molecule has 1 aliphatic heterocycles. The van der Waals surface area contributed by atoms with E-state index in [4.69, 9.17) is 4.84 Å². The van der Waals surface area contributed by atoms with E-state index in [1.165, 1.54) is 18.2 Å². The molecule has 216 valence electrons. The third-order valence-corrected chi connectivity index (χ3v) is 11.2. The summed E-state index contributed by atoms with van der Waals surface area (Å²) in [4.78, 5) is 32.3. The standard InChI is InChI=1S/C32H39F2NO5/c1-28(2,3)18-6-8-20(9-7-18)35-16-19-12-22-23-14-25(33)24-13-21(37)10-11-29(24,4)31(23,34)26(38)15-30(22,5)32(19,40-35)27(39)17-36/h6-11,13,19,22-23,25-26,36,38H,12,14-17H2,1-5H3/t19-,22-,23-,25-,26-,29-,30-,31-,32-/m0/s1. The number of nitrogens with zero attached hydrogens (tertiary/aromatic N) is 1. The van der Waals surface area contributed by atoms with E-state index in [9.17, 15) is 19.8 Å². The van der Waals surface area contributed by atoms with E-state index in [1.54, 1.807) is 12.0 Å². The quantitative estimate of drug-likeness (QED) is 0.568. The number of rotatable bonds is 3. The summed E-state index contributed by atoms with van der Waals surface area (Å²) in [7, 11) is 0. The number of ketones is 2. The molecule has 1 aromatic rings. The second-order valence-corrected chi connectivity index (χ2v) is 14.1. The lowest BCUT2D eigenvalue weighted by molar-refractivity contribution is -0.228. The van der Waals surface area contributed by atoms with Crippen LogP contribution in [-0.2, 0) is 19.8 Å². The lowest BCUT2D eigenvalue weighted by Crippen LogP contribution is -2.70. The number of aliphatic hydroxyl groups excluding tert-OH is 2. The van der Waals surface area contributed by atoms with Crippen molar-refractivity contribution in [3.8, 4) is 0 Å². The van der Waals surface area contributed by atoms with Crippen LogP contribution in [0.2, 0.25) is 0 Å². The molecule has 4 fully saturated rings. The van der Waals surface area contributed by atoms with Crippen LogP contribution in [0.3, 0.4) is 0 Å². The molecule has 1 aromatic carbocycles. The van der Waals surface area contributed by atoms with E-state index >= 15 is 8.78 Å². The van der Waals surface area contributed by atoms with E-state index in [-0.39, 0.29) is 35.5 Å². The number of halogens is 2. The normalized spacial score (nSPS) is 44.0. The van der Waals surface area contributed by atoms with Crippen molar-refractivity contribution in [2.45, 2.75) is 82.8 Å². The smallest absolute Gasteiger partial charge is 0.193 e. The monoisotopic (exact) mass is 555 g/mol. The van der Waals surface area contributed by atoms with Crippen LogP contribution < -0.4 is 5.06 Å². The molecule has 0 aromatic heterocycles. The van der Waals surface area contributed by atoms with Crippen LogP contribution in [0, 0.1) is 28.6 Å². The van der Waals surface area contributed by atoms with Gasteiger partial charge in [-0.05, 0) is 72.9 Å². The summed E-state index contributed by atoms with van der Waals surface area (Å²) in [5, 5.41) is 23.5. The molecule has 2 N–H and O–H groups in total. The highest BCUT2D eigenvalue weighted by molar-refractivity contribution is 6.01. The summed E-state index contributed by atoms with van der Waals surface area (Å²) >= 11 is 0. The number of benzene rings is 1. The van der Waals surface area contributed by atoms with Gasteiger partial charge in [0, 0.05) is 22.7 Å². The predicted octanol–water partition coefficient (Wildman–Crippen LogP) is 4.58. The Hall–Kier alpha value is -2.42. The number of carbonyl (C=O) groups excluding carboxylic acids is 2. The number of hydroxylamine groups is 1. The maximum atomic E-state index is 17.5. The zero-order valence-corrected chi connectivity index (χ0v) is 23.8. The Balaban J connectivity index is 1.40. The fraction of sp³-hybridized carbons (Fsp3) is 0.625. The average Bonchev–Trinajstić information content (AvgIpc) is 3.39. The SMILES string of the molecule is CC(C)(C)c1ccc(N2C[C@@H]3C[C@H]4[C@@H]5C[C@H](F)C6=CC(=O)C=C[C@]6(C)[C@@]5(F)[C@@H](O)C[C@]4(C)[C@]3(C(=O)CO)O2)cc1. The molecule has 6 nitrogen and oxygen atoms in total. The Bertz CT molecular complexity index is 1320. The number of hydrogen-bond donors (Lipinski definition) is 2. The van der Waals surface area contributed by atoms with Gasteiger partial charge in [-0.15, -0.1) is 0 Å². The number of hydrogen-bond acceptors (Lipinski definition) is 6. The van der Waals surface area contributed by atoms with Gasteiger partial charge in [0.15, 0.2) is 22.8 Å². The second-order valence-electron chi connectivity index (χ2n) is 14.1. The van der Waals surface area contributed by atoms with Gasteiger partial charge >= 0.3 is 0 Å².